The van der Waals surface area contributed by atoms with Gasteiger partial charge in [-0.25, -0.2) is 13.4 Å². The van der Waals surface area contributed by atoms with Crippen molar-refractivity contribution in [2.45, 2.75) is 6.42 Å². The number of sulfonamides is 1. The molecule has 0 aromatic carbocycles. The molecule has 2 heterocycles. The monoisotopic (exact) mass is 297 g/mol. The molecule has 100 valence electrons. The van der Waals surface area contributed by atoms with E-state index in [0.717, 1.165) is 16.8 Å². The van der Waals surface area contributed by atoms with Crippen LogP contribution in [-0.2, 0) is 21.2 Å². The van der Waals surface area contributed by atoms with Crippen LogP contribution in [0.25, 0.3) is 10.6 Å². The minimum Gasteiger partial charge on any atom is -0.274 e. The van der Waals surface area contributed by atoms with Gasteiger partial charge in [0.25, 0.3) is 0 Å². The second-order valence-corrected chi connectivity index (χ2v) is 6.47. The number of pyridine rings is 1. The number of rotatable bonds is 4. The van der Waals surface area contributed by atoms with Gasteiger partial charge in [-0.3, -0.25) is 14.5 Å². The van der Waals surface area contributed by atoms with Crippen LogP contribution in [0.2, 0.25) is 0 Å². The van der Waals surface area contributed by atoms with Crippen LogP contribution in [0.3, 0.4) is 0 Å². The molecule has 0 spiro atoms. The van der Waals surface area contributed by atoms with E-state index in [1.807, 2.05) is 10.8 Å². The smallest absolute Gasteiger partial charge is 0.239 e. The highest BCUT2D eigenvalue weighted by molar-refractivity contribution is 7.89. The first kappa shape index (κ1) is 13.6. The van der Waals surface area contributed by atoms with Gasteiger partial charge < -0.3 is 0 Å². The van der Waals surface area contributed by atoms with E-state index in [2.05, 4.69) is 9.97 Å². The first-order valence-electron chi connectivity index (χ1n) is 5.29. The summed E-state index contributed by atoms with van der Waals surface area (Å²) in [6.07, 6.45) is 4.22. The molecule has 0 saturated carbocycles. The van der Waals surface area contributed by atoms with Crippen LogP contribution in [0.1, 0.15) is 5.69 Å². The highest BCUT2D eigenvalue weighted by atomic mass is 32.2. The van der Waals surface area contributed by atoms with Crippen molar-refractivity contribution in [3.63, 3.8) is 0 Å². The van der Waals surface area contributed by atoms with Crippen molar-refractivity contribution in [2.24, 2.45) is 0 Å². The molecule has 0 aliphatic heterocycles. The average Bonchev–Trinajstić information content (AvgIpc) is 2.76. The molecule has 0 aliphatic carbocycles. The zero-order valence-electron chi connectivity index (χ0n) is 10.0. The van der Waals surface area contributed by atoms with E-state index in [9.17, 15) is 13.2 Å². The topological polar surface area (TPSA) is 89.0 Å². The maximum Gasteiger partial charge on any atom is 0.239 e. The summed E-state index contributed by atoms with van der Waals surface area (Å²) in [7, 11) is -3.52. The lowest BCUT2D eigenvalue weighted by atomic mass is 10.3. The van der Waals surface area contributed by atoms with Gasteiger partial charge in [0.1, 0.15) is 5.01 Å². The normalized spacial score (nSPS) is 11.2. The molecule has 1 N–H and O–H groups in total. The third-order valence-corrected chi connectivity index (χ3v) is 3.64. The molecule has 2 aromatic heterocycles. The number of amides is 1. The Morgan fingerprint density at radius 1 is 1.47 bits per heavy atom. The summed E-state index contributed by atoms with van der Waals surface area (Å²) in [6, 6.07) is 3.67. The fourth-order valence-electron chi connectivity index (χ4n) is 1.42. The summed E-state index contributed by atoms with van der Waals surface area (Å²) >= 11 is 1.38. The van der Waals surface area contributed by atoms with Crippen molar-refractivity contribution < 1.29 is 13.2 Å². The quantitative estimate of drug-likeness (QED) is 0.902. The number of hydrogen-bond donors (Lipinski definition) is 1. The Balaban J connectivity index is 2.08. The van der Waals surface area contributed by atoms with Gasteiger partial charge in [-0.2, -0.15) is 0 Å². The van der Waals surface area contributed by atoms with Gasteiger partial charge in [0, 0.05) is 23.3 Å². The Bertz CT molecular complexity index is 680. The second kappa shape index (κ2) is 5.45. The van der Waals surface area contributed by atoms with E-state index in [0.29, 0.717) is 5.69 Å². The van der Waals surface area contributed by atoms with E-state index in [-0.39, 0.29) is 6.42 Å². The molecule has 6 nitrogen and oxygen atoms in total. The molecule has 0 bridgehead atoms. The van der Waals surface area contributed by atoms with Crippen molar-refractivity contribution in [1.29, 1.82) is 0 Å². The molecule has 19 heavy (non-hydrogen) atoms. The first-order chi connectivity index (χ1) is 8.94. The minimum absolute atomic E-state index is 0.0656. The average molecular weight is 297 g/mol. The number of carbonyl (C=O) groups is 1. The summed E-state index contributed by atoms with van der Waals surface area (Å²) < 4.78 is 23.7. The Labute approximate surface area is 114 Å². The van der Waals surface area contributed by atoms with Gasteiger partial charge in [0.15, 0.2) is 0 Å². The third kappa shape index (κ3) is 4.11. The molecule has 0 saturated heterocycles. The molecule has 1 amide bonds. The van der Waals surface area contributed by atoms with Crippen molar-refractivity contribution >= 4 is 27.3 Å². The Hall–Kier alpha value is -1.80. The fraction of sp³-hybridized carbons (Fsp3) is 0.182. The minimum atomic E-state index is -3.52. The molecular formula is C11H11N3O3S2. The predicted molar refractivity (Wildman–Crippen MR) is 72.0 cm³/mol. The summed E-state index contributed by atoms with van der Waals surface area (Å²) in [6.45, 7) is 0. The lowest BCUT2D eigenvalue weighted by molar-refractivity contribution is -0.118. The zero-order valence-corrected chi connectivity index (χ0v) is 11.7. The summed E-state index contributed by atoms with van der Waals surface area (Å²) in [5, 5.41) is 2.47. The van der Waals surface area contributed by atoms with Crippen LogP contribution in [0, 0.1) is 0 Å². The lowest BCUT2D eigenvalue weighted by Gasteiger charge is -1.99. The summed E-state index contributed by atoms with van der Waals surface area (Å²) in [5.74, 6) is -0.592. The SMILES string of the molecule is CS(=O)(=O)NC(=O)Cc1csc(-c2cccnc2)n1. The van der Waals surface area contributed by atoms with Crippen molar-refractivity contribution in [2.75, 3.05) is 6.26 Å². The summed E-state index contributed by atoms with van der Waals surface area (Å²) in [4.78, 5) is 19.7. The van der Waals surface area contributed by atoms with E-state index < -0.39 is 15.9 Å². The molecule has 0 fully saturated rings. The van der Waals surface area contributed by atoms with Crippen LogP contribution in [-0.4, -0.2) is 30.5 Å². The van der Waals surface area contributed by atoms with E-state index in [1.54, 1.807) is 23.8 Å². The Kier molecular flexibility index (Phi) is 3.91. The highest BCUT2D eigenvalue weighted by Gasteiger charge is 2.12. The van der Waals surface area contributed by atoms with Crippen LogP contribution >= 0.6 is 11.3 Å². The van der Waals surface area contributed by atoms with Gasteiger partial charge in [-0.05, 0) is 12.1 Å². The maximum atomic E-state index is 11.4. The molecule has 2 aromatic rings. The number of nitrogens with one attached hydrogen (secondary N) is 1. The largest absolute Gasteiger partial charge is 0.274 e. The third-order valence-electron chi connectivity index (χ3n) is 2.10. The predicted octanol–water partition coefficient (Wildman–Crippen LogP) is 0.823. The van der Waals surface area contributed by atoms with E-state index >= 15 is 0 Å². The van der Waals surface area contributed by atoms with Gasteiger partial charge in [-0.1, -0.05) is 0 Å². The Morgan fingerprint density at radius 3 is 2.89 bits per heavy atom. The fourth-order valence-corrected chi connectivity index (χ4v) is 2.71. The number of aromatic nitrogens is 2. The van der Waals surface area contributed by atoms with Crippen molar-refractivity contribution in [3.8, 4) is 10.6 Å². The maximum absolute atomic E-state index is 11.4. The van der Waals surface area contributed by atoms with Crippen molar-refractivity contribution in [1.82, 2.24) is 14.7 Å². The highest BCUT2D eigenvalue weighted by Crippen LogP contribution is 2.22. The summed E-state index contributed by atoms with van der Waals surface area (Å²) in [5.41, 5.74) is 1.40. The molecular weight excluding hydrogens is 286 g/mol. The van der Waals surface area contributed by atoms with Gasteiger partial charge in [0.05, 0.1) is 18.4 Å². The number of thiazole rings is 1. The van der Waals surface area contributed by atoms with Crippen LogP contribution in [0.4, 0.5) is 0 Å². The number of nitrogens with zero attached hydrogens (tertiary/aromatic N) is 2. The van der Waals surface area contributed by atoms with E-state index in [1.165, 1.54) is 11.3 Å². The number of hydrogen-bond acceptors (Lipinski definition) is 6. The molecule has 2 rings (SSSR count). The van der Waals surface area contributed by atoms with E-state index in [4.69, 9.17) is 0 Å². The first-order valence-corrected chi connectivity index (χ1v) is 8.06. The zero-order chi connectivity index (χ0) is 13.9. The van der Waals surface area contributed by atoms with Crippen LogP contribution in [0.15, 0.2) is 29.9 Å². The molecule has 0 unspecified atom stereocenters. The van der Waals surface area contributed by atoms with Crippen molar-refractivity contribution in [3.05, 3.63) is 35.6 Å². The Morgan fingerprint density at radius 2 is 2.26 bits per heavy atom. The van der Waals surface area contributed by atoms with Crippen LogP contribution < -0.4 is 4.72 Å². The van der Waals surface area contributed by atoms with Gasteiger partial charge >= 0.3 is 0 Å². The molecule has 8 heteroatoms. The number of carbonyl (C=O) groups excluding carboxylic acids is 1. The molecule has 0 aliphatic rings. The van der Waals surface area contributed by atoms with Gasteiger partial charge in [0.2, 0.25) is 15.9 Å². The van der Waals surface area contributed by atoms with Crippen LogP contribution in [0.5, 0.6) is 0 Å². The second-order valence-electron chi connectivity index (χ2n) is 3.86. The molecule has 0 atom stereocenters. The lowest BCUT2D eigenvalue weighted by Crippen LogP contribution is -2.30. The standard InChI is InChI=1S/C11H11N3O3S2/c1-19(16,17)14-10(15)5-9-7-18-11(13-9)8-3-2-4-12-6-8/h2-4,6-7H,5H2,1H3,(H,14,15). The van der Waals surface area contributed by atoms with Gasteiger partial charge in [-0.15, -0.1) is 11.3 Å². The molecule has 0 radical (unpaired) electrons.